The number of H-pyrrole nitrogens is 2. The van der Waals surface area contributed by atoms with Crippen LogP contribution in [0.5, 0.6) is 0 Å². The van der Waals surface area contributed by atoms with E-state index >= 15 is 0 Å². The van der Waals surface area contributed by atoms with Crippen LogP contribution in [0.4, 0.5) is 0 Å². The highest BCUT2D eigenvalue weighted by atomic mass is 16.4. The molecule has 7 heteroatoms. The first-order valence-electron chi connectivity index (χ1n) is 4.82. The van der Waals surface area contributed by atoms with Crippen LogP contribution < -0.4 is 0 Å². The number of rotatable bonds is 2. The Morgan fingerprint density at radius 1 is 1.41 bits per heavy atom. The van der Waals surface area contributed by atoms with Gasteiger partial charge in [0.15, 0.2) is 11.5 Å². The number of imidazole rings is 2. The lowest BCUT2D eigenvalue weighted by Gasteiger charge is -1.92. The Labute approximate surface area is 94.6 Å². The molecule has 3 rings (SSSR count). The highest BCUT2D eigenvalue weighted by molar-refractivity contribution is 5.92. The van der Waals surface area contributed by atoms with E-state index in [1.807, 2.05) is 0 Å². The summed E-state index contributed by atoms with van der Waals surface area (Å²) in [7, 11) is 0. The maximum atomic E-state index is 10.9. The van der Waals surface area contributed by atoms with E-state index in [4.69, 9.17) is 5.11 Å². The topological polar surface area (TPSA) is 108 Å². The van der Waals surface area contributed by atoms with Crippen LogP contribution in [-0.4, -0.2) is 36.0 Å². The van der Waals surface area contributed by atoms with Gasteiger partial charge in [-0.05, 0) is 6.07 Å². The smallest absolute Gasteiger partial charge is 0.354 e. The van der Waals surface area contributed by atoms with E-state index < -0.39 is 5.97 Å². The fourth-order valence-corrected chi connectivity index (χ4v) is 1.61. The molecule has 3 heterocycles. The van der Waals surface area contributed by atoms with Gasteiger partial charge in [-0.1, -0.05) is 0 Å². The number of carbonyl (C=O) groups is 1. The zero-order valence-electron chi connectivity index (χ0n) is 8.51. The van der Waals surface area contributed by atoms with Crippen LogP contribution in [0.2, 0.25) is 0 Å². The summed E-state index contributed by atoms with van der Waals surface area (Å²) in [4.78, 5) is 28.6. The lowest BCUT2D eigenvalue weighted by molar-refractivity contribution is 0.0692. The van der Waals surface area contributed by atoms with Crippen LogP contribution in [0.15, 0.2) is 24.8 Å². The standard InChI is InChI=1S/C10H7N5O2/c16-10(17)8-7(12-4-13-8)9-14-5-1-2-11-3-6(5)15-9/h1-4H,(H,12,13)(H,14,15)(H,16,17). The molecular weight excluding hydrogens is 222 g/mol. The fraction of sp³-hybridized carbons (Fsp3) is 0. The largest absolute Gasteiger partial charge is 0.477 e. The van der Waals surface area contributed by atoms with Crippen molar-refractivity contribution < 1.29 is 9.90 Å². The van der Waals surface area contributed by atoms with Gasteiger partial charge in [0.2, 0.25) is 0 Å². The summed E-state index contributed by atoms with van der Waals surface area (Å²) in [6.45, 7) is 0. The van der Waals surface area contributed by atoms with Crippen molar-refractivity contribution in [3.05, 3.63) is 30.5 Å². The highest BCUT2D eigenvalue weighted by Gasteiger charge is 2.17. The highest BCUT2D eigenvalue weighted by Crippen LogP contribution is 2.20. The summed E-state index contributed by atoms with van der Waals surface area (Å²) in [5, 5.41) is 8.97. The van der Waals surface area contributed by atoms with E-state index in [0.717, 1.165) is 5.52 Å². The molecule has 0 aliphatic heterocycles. The summed E-state index contributed by atoms with van der Waals surface area (Å²) < 4.78 is 0. The Morgan fingerprint density at radius 3 is 3.06 bits per heavy atom. The molecule has 0 fully saturated rings. The minimum atomic E-state index is -1.07. The third-order valence-electron chi connectivity index (χ3n) is 2.36. The zero-order valence-corrected chi connectivity index (χ0v) is 8.51. The second kappa shape index (κ2) is 3.41. The van der Waals surface area contributed by atoms with Gasteiger partial charge in [0, 0.05) is 6.20 Å². The van der Waals surface area contributed by atoms with Crippen LogP contribution in [0.1, 0.15) is 10.5 Å². The van der Waals surface area contributed by atoms with E-state index in [2.05, 4.69) is 24.9 Å². The maximum absolute atomic E-state index is 10.9. The SMILES string of the molecule is O=C(O)c1[nH]cnc1-c1nc2ccncc2[nH]1. The Balaban J connectivity index is 2.20. The van der Waals surface area contributed by atoms with Crippen molar-refractivity contribution >= 4 is 17.0 Å². The quantitative estimate of drug-likeness (QED) is 0.608. The van der Waals surface area contributed by atoms with Crippen molar-refractivity contribution in [1.29, 1.82) is 0 Å². The summed E-state index contributed by atoms with van der Waals surface area (Å²) in [6, 6.07) is 1.74. The van der Waals surface area contributed by atoms with Crippen molar-refractivity contribution in [2.24, 2.45) is 0 Å². The molecule has 0 saturated heterocycles. The van der Waals surface area contributed by atoms with E-state index in [1.165, 1.54) is 6.33 Å². The molecule has 3 aromatic heterocycles. The van der Waals surface area contributed by atoms with Crippen molar-refractivity contribution in [3.8, 4) is 11.5 Å². The molecule has 3 aromatic rings. The lowest BCUT2D eigenvalue weighted by atomic mass is 10.3. The number of aromatic carboxylic acids is 1. The summed E-state index contributed by atoms with van der Waals surface area (Å²) in [5.74, 6) is -0.664. The van der Waals surface area contributed by atoms with Crippen molar-refractivity contribution in [1.82, 2.24) is 24.9 Å². The summed E-state index contributed by atoms with van der Waals surface area (Å²) in [5.41, 5.74) is 1.75. The van der Waals surface area contributed by atoms with Crippen LogP contribution >= 0.6 is 0 Å². The summed E-state index contributed by atoms with van der Waals surface area (Å²) in [6.07, 6.45) is 4.57. The third kappa shape index (κ3) is 1.44. The molecule has 84 valence electrons. The minimum absolute atomic E-state index is 0.0111. The Hall–Kier alpha value is -2.70. The fourth-order valence-electron chi connectivity index (χ4n) is 1.61. The molecule has 0 aliphatic rings. The van der Waals surface area contributed by atoms with E-state index in [-0.39, 0.29) is 11.4 Å². The Kier molecular flexibility index (Phi) is 1.91. The minimum Gasteiger partial charge on any atom is -0.477 e. The number of aromatic amines is 2. The number of hydrogen-bond acceptors (Lipinski definition) is 4. The number of carboxylic acid groups (broad SMARTS) is 1. The average Bonchev–Trinajstić information content (AvgIpc) is 2.95. The van der Waals surface area contributed by atoms with Crippen molar-refractivity contribution in [3.63, 3.8) is 0 Å². The van der Waals surface area contributed by atoms with Crippen LogP contribution in [0.3, 0.4) is 0 Å². The second-order valence-corrected chi connectivity index (χ2v) is 3.41. The first kappa shape index (κ1) is 9.52. The van der Waals surface area contributed by atoms with Crippen molar-refractivity contribution in [2.75, 3.05) is 0 Å². The molecule has 0 bridgehead atoms. The van der Waals surface area contributed by atoms with E-state index in [1.54, 1.807) is 18.5 Å². The molecule has 0 aliphatic carbocycles. The maximum Gasteiger partial charge on any atom is 0.354 e. The number of nitrogens with zero attached hydrogens (tertiary/aromatic N) is 3. The van der Waals surface area contributed by atoms with Crippen molar-refractivity contribution in [2.45, 2.75) is 0 Å². The predicted molar refractivity (Wildman–Crippen MR) is 58.4 cm³/mol. The zero-order chi connectivity index (χ0) is 11.8. The van der Waals surface area contributed by atoms with Gasteiger partial charge in [0.05, 0.1) is 23.6 Å². The molecule has 3 N–H and O–H groups in total. The van der Waals surface area contributed by atoms with E-state index in [9.17, 15) is 4.79 Å². The predicted octanol–water partition coefficient (Wildman–Crippen LogP) is 1.05. The van der Waals surface area contributed by atoms with Gasteiger partial charge in [0.25, 0.3) is 0 Å². The molecule has 17 heavy (non-hydrogen) atoms. The van der Waals surface area contributed by atoms with Gasteiger partial charge < -0.3 is 15.1 Å². The molecule has 0 unspecified atom stereocenters. The van der Waals surface area contributed by atoms with Gasteiger partial charge in [-0.2, -0.15) is 0 Å². The number of carboxylic acids is 1. The molecular formula is C10H7N5O2. The molecule has 0 spiro atoms. The molecule has 0 amide bonds. The molecule has 0 atom stereocenters. The Morgan fingerprint density at radius 2 is 2.29 bits per heavy atom. The number of pyridine rings is 1. The van der Waals surface area contributed by atoms with Gasteiger partial charge in [-0.3, -0.25) is 4.98 Å². The summed E-state index contributed by atoms with van der Waals surface area (Å²) >= 11 is 0. The number of aromatic nitrogens is 5. The van der Waals surface area contributed by atoms with Crippen LogP contribution in [0, 0.1) is 0 Å². The molecule has 7 nitrogen and oxygen atoms in total. The Bertz CT molecular complexity index is 666. The third-order valence-corrected chi connectivity index (χ3v) is 2.36. The average molecular weight is 229 g/mol. The van der Waals surface area contributed by atoms with Crippen LogP contribution in [0.25, 0.3) is 22.6 Å². The molecule has 0 radical (unpaired) electrons. The monoisotopic (exact) mass is 229 g/mol. The number of hydrogen-bond donors (Lipinski definition) is 3. The first-order valence-corrected chi connectivity index (χ1v) is 4.82. The van der Waals surface area contributed by atoms with Gasteiger partial charge >= 0.3 is 5.97 Å². The van der Waals surface area contributed by atoms with Gasteiger partial charge in [0.1, 0.15) is 5.69 Å². The normalized spacial score (nSPS) is 10.8. The second-order valence-electron chi connectivity index (χ2n) is 3.41. The lowest BCUT2D eigenvalue weighted by Crippen LogP contribution is -1.99. The van der Waals surface area contributed by atoms with Gasteiger partial charge in [-0.15, -0.1) is 0 Å². The number of fused-ring (bicyclic) bond motifs is 1. The molecule has 0 aromatic carbocycles. The van der Waals surface area contributed by atoms with Gasteiger partial charge in [-0.25, -0.2) is 14.8 Å². The van der Waals surface area contributed by atoms with E-state index in [0.29, 0.717) is 11.3 Å². The first-order chi connectivity index (χ1) is 8.25. The van der Waals surface area contributed by atoms with Crippen LogP contribution in [-0.2, 0) is 0 Å². The molecule has 0 saturated carbocycles. The number of nitrogens with one attached hydrogen (secondary N) is 2.